The normalized spacial score (nSPS) is 15.6. The Morgan fingerprint density at radius 3 is 2.54 bits per heavy atom. The molecule has 1 aliphatic rings. The lowest BCUT2D eigenvalue weighted by molar-refractivity contribution is 0.102. The molecule has 1 saturated heterocycles. The molecule has 2 aromatic carbocycles. The minimum Gasteiger partial charge on any atom is -0.319 e. The number of amides is 1. The topological polar surface area (TPSA) is 66.5 Å². The third-order valence-corrected chi connectivity index (χ3v) is 6.31. The minimum absolute atomic E-state index is 0.0688. The standard InChI is InChI=1S/C19H21FN2O3S/c1-14-8-9-17(20)18(12-14)21-19(23)15-6-5-7-16(13-15)26(24,25)22-10-3-2-4-11-22/h5-9,12-13H,2-4,10-11H2,1H3,(H,21,23). The first kappa shape index (κ1) is 18.5. The van der Waals surface area contributed by atoms with E-state index in [0.29, 0.717) is 13.1 Å². The number of aryl methyl sites for hydroxylation is 1. The molecule has 0 bridgehead atoms. The number of hydrogen-bond donors (Lipinski definition) is 1. The van der Waals surface area contributed by atoms with E-state index in [0.717, 1.165) is 24.8 Å². The number of nitrogens with one attached hydrogen (secondary N) is 1. The summed E-state index contributed by atoms with van der Waals surface area (Å²) in [6.45, 7) is 2.78. The van der Waals surface area contributed by atoms with Crippen molar-refractivity contribution in [1.29, 1.82) is 0 Å². The van der Waals surface area contributed by atoms with Crippen molar-refractivity contribution in [2.24, 2.45) is 0 Å². The summed E-state index contributed by atoms with van der Waals surface area (Å²) in [5.74, 6) is -1.09. The molecule has 0 aromatic heterocycles. The largest absolute Gasteiger partial charge is 0.319 e. The molecule has 138 valence electrons. The predicted molar refractivity (Wildman–Crippen MR) is 98.1 cm³/mol. The number of halogens is 1. The van der Waals surface area contributed by atoms with Gasteiger partial charge in [-0.05, 0) is 55.7 Å². The highest BCUT2D eigenvalue weighted by molar-refractivity contribution is 7.89. The fourth-order valence-corrected chi connectivity index (χ4v) is 4.54. The van der Waals surface area contributed by atoms with Crippen LogP contribution < -0.4 is 5.32 Å². The number of carbonyl (C=O) groups excluding carboxylic acids is 1. The molecule has 1 aliphatic heterocycles. The summed E-state index contributed by atoms with van der Waals surface area (Å²) < 4.78 is 40.8. The van der Waals surface area contributed by atoms with Crippen LogP contribution in [0.4, 0.5) is 10.1 Å². The number of anilines is 1. The molecular formula is C19H21FN2O3S. The molecule has 1 N–H and O–H groups in total. The lowest BCUT2D eigenvalue weighted by Gasteiger charge is -2.26. The number of rotatable bonds is 4. The van der Waals surface area contributed by atoms with Gasteiger partial charge in [-0.3, -0.25) is 4.79 Å². The van der Waals surface area contributed by atoms with Crippen LogP contribution in [0, 0.1) is 12.7 Å². The van der Waals surface area contributed by atoms with E-state index in [4.69, 9.17) is 0 Å². The monoisotopic (exact) mass is 376 g/mol. The van der Waals surface area contributed by atoms with Gasteiger partial charge >= 0.3 is 0 Å². The molecule has 2 aromatic rings. The zero-order chi connectivity index (χ0) is 18.7. The van der Waals surface area contributed by atoms with Crippen LogP contribution in [-0.2, 0) is 10.0 Å². The molecule has 0 saturated carbocycles. The average molecular weight is 376 g/mol. The Bertz CT molecular complexity index is 922. The number of nitrogens with zero attached hydrogens (tertiary/aromatic N) is 1. The first-order valence-corrected chi connectivity index (χ1v) is 10.00. The Morgan fingerprint density at radius 1 is 1.08 bits per heavy atom. The number of benzene rings is 2. The molecule has 0 radical (unpaired) electrons. The molecule has 0 atom stereocenters. The van der Waals surface area contributed by atoms with Crippen molar-refractivity contribution < 1.29 is 17.6 Å². The van der Waals surface area contributed by atoms with Gasteiger partial charge in [0.2, 0.25) is 10.0 Å². The highest BCUT2D eigenvalue weighted by atomic mass is 32.2. The second-order valence-electron chi connectivity index (χ2n) is 6.43. The third-order valence-electron chi connectivity index (χ3n) is 4.42. The quantitative estimate of drug-likeness (QED) is 0.887. The molecule has 0 unspecified atom stereocenters. The second-order valence-corrected chi connectivity index (χ2v) is 8.37. The predicted octanol–water partition coefficient (Wildman–Crippen LogP) is 3.56. The van der Waals surface area contributed by atoms with E-state index in [-0.39, 0.29) is 16.1 Å². The van der Waals surface area contributed by atoms with Crippen LogP contribution in [0.1, 0.15) is 35.2 Å². The lowest BCUT2D eigenvalue weighted by Crippen LogP contribution is -2.35. The summed E-state index contributed by atoms with van der Waals surface area (Å²) in [6, 6.07) is 10.3. The molecule has 0 aliphatic carbocycles. The van der Waals surface area contributed by atoms with Gasteiger partial charge < -0.3 is 5.32 Å². The van der Waals surface area contributed by atoms with Crippen molar-refractivity contribution in [1.82, 2.24) is 4.31 Å². The van der Waals surface area contributed by atoms with E-state index in [2.05, 4.69) is 5.32 Å². The number of hydrogen-bond acceptors (Lipinski definition) is 3. The van der Waals surface area contributed by atoms with Gasteiger partial charge in [0.05, 0.1) is 10.6 Å². The Morgan fingerprint density at radius 2 is 1.81 bits per heavy atom. The van der Waals surface area contributed by atoms with Crippen molar-refractivity contribution in [2.45, 2.75) is 31.1 Å². The summed E-state index contributed by atoms with van der Waals surface area (Å²) in [7, 11) is -3.63. The van der Waals surface area contributed by atoms with E-state index in [1.807, 2.05) is 0 Å². The van der Waals surface area contributed by atoms with Crippen LogP contribution in [0.2, 0.25) is 0 Å². The van der Waals surface area contributed by atoms with Gasteiger partial charge in [-0.25, -0.2) is 12.8 Å². The van der Waals surface area contributed by atoms with Gasteiger partial charge in [0.15, 0.2) is 0 Å². The van der Waals surface area contributed by atoms with Crippen LogP contribution in [0.15, 0.2) is 47.4 Å². The third kappa shape index (κ3) is 3.94. The lowest BCUT2D eigenvalue weighted by atomic mass is 10.2. The van der Waals surface area contributed by atoms with Gasteiger partial charge in [0, 0.05) is 18.7 Å². The van der Waals surface area contributed by atoms with Crippen LogP contribution in [0.3, 0.4) is 0 Å². The van der Waals surface area contributed by atoms with Crippen LogP contribution in [0.25, 0.3) is 0 Å². The van der Waals surface area contributed by atoms with Gasteiger partial charge in [0.25, 0.3) is 5.91 Å². The summed E-state index contributed by atoms with van der Waals surface area (Å²) in [5.41, 5.74) is 1.05. The van der Waals surface area contributed by atoms with E-state index in [1.54, 1.807) is 13.0 Å². The smallest absolute Gasteiger partial charge is 0.255 e. The van der Waals surface area contributed by atoms with Crippen LogP contribution in [-0.4, -0.2) is 31.7 Å². The minimum atomic E-state index is -3.63. The molecule has 0 spiro atoms. The van der Waals surface area contributed by atoms with Gasteiger partial charge in [-0.15, -0.1) is 0 Å². The maximum Gasteiger partial charge on any atom is 0.255 e. The average Bonchev–Trinajstić information content (AvgIpc) is 2.65. The Labute approximate surface area is 152 Å². The molecule has 1 heterocycles. The molecule has 7 heteroatoms. The van der Waals surface area contributed by atoms with E-state index < -0.39 is 21.7 Å². The SMILES string of the molecule is Cc1ccc(F)c(NC(=O)c2cccc(S(=O)(=O)N3CCCCC3)c2)c1. The first-order chi connectivity index (χ1) is 12.4. The van der Waals surface area contributed by atoms with Crippen molar-refractivity contribution in [3.63, 3.8) is 0 Å². The van der Waals surface area contributed by atoms with Gasteiger partial charge in [-0.2, -0.15) is 4.31 Å². The zero-order valence-electron chi connectivity index (χ0n) is 14.5. The summed E-state index contributed by atoms with van der Waals surface area (Å²) in [4.78, 5) is 12.5. The molecule has 26 heavy (non-hydrogen) atoms. The van der Waals surface area contributed by atoms with Gasteiger partial charge in [-0.1, -0.05) is 18.6 Å². The first-order valence-electron chi connectivity index (χ1n) is 8.55. The van der Waals surface area contributed by atoms with E-state index >= 15 is 0 Å². The zero-order valence-corrected chi connectivity index (χ0v) is 15.4. The summed E-state index contributed by atoms with van der Waals surface area (Å²) in [6.07, 6.45) is 2.70. The molecule has 1 amide bonds. The molecular weight excluding hydrogens is 355 g/mol. The number of carbonyl (C=O) groups is 1. The molecule has 3 rings (SSSR count). The summed E-state index contributed by atoms with van der Waals surface area (Å²) >= 11 is 0. The Kier molecular flexibility index (Phi) is 5.38. The maximum atomic E-state index is 13.8. The fraction of sp³-hybridized carbons (Fsp3) is 0.316. The van der Waals surface area contributed by atoms with Crippen molar-refractivity contribution in [2.75, 3.05) is 18.4 Å². The van der Waals surface area contributed by atoms with Crippen molar-refractivity contribution in [3.05, 3.63) is 59.4 Å². The van der Waals surface area contributed by atoms with Gasteiger partial charge in [0.1, 0.15) is 5.82 Å². The molecule has 5 nitrogen and oxygen atoms in total. The summed E-state index contributed by atoms with van der Waals surface area (Å²) in [5, 5.41) is 2.50. The van der Waals surface area contributed by atoms with E-state index in [1.165, 1.54) is 40.7 Å². The fourth-order valence-electron chi connectivity index (χ4n) is 2.98. The Hall–Kier alpha value is -2.25. The maximum absolute atomic E-state index is 13.8. The second kappa shape index (κ2) is 7.55. The molecule has 1 fully saturated rings. The highest BCUT2D eigenvalue weighted by Crippen LogP contribution is 2.22. The van der Waals surface area contributed by atoms with E-state index in [9.17, 15) is 17.6 Å². The number of piperidine rings is 1. The van der Waals surface area contributed by atoms with Crippen LogP contribution in [0.5, 0.6) is 0 Å². The Balaban J connectivity index is 1.84. The van der Waals surface area contributed by atoms with Crippen molar-refractivity contribution in [3.8, 4) is 0 Å². The number of sulfonamides is 1. The van der Waals surface area contributed by atoms with Crippen LogP contribution >= 0.6 is 0 Å². The van der Waals surface area contributed by atoms with Crippen molar-refractivity contribution >= 4 is 21.6 Å². The highest BCUT2D eigenvalue weighted by Gasteiger charge is 2.26.